The van der Waals surface area contributed by atoms with Crippen molar-refractivity contribution in [2.24, 2.45) is 11.7 Å². The average Bonchev–Trinajstić information content (AvgIpc) is 2.69. The van der Waals surface area contributed by atoms with Crippen LogP contribution in [-0.4, -0.2) is 60.2 Å². The Morgan fingerprint density at radius 1 is 1.26 bits per heavy atom. The van der Waals surface area contributed by atoms with Crippen LogP contribution in [0.5, 0.6) is 0 Å². The van der Waals surface area contributed by atoms with E-state index in [0.717, 1.165) is 18.4 Å². The number of amides is 3. The number of nitrogens with two attached hydrogens (primary N) is 1. The van der Waals surface area contributed by atoms with Crippen LogP contribution in [0.3, 0.4) is 0 Å². The highest BCUT2D eigenvalue weighted by Crippen LogP contribution is 2.17. The van der Waals surface area contributed by atoms with Crippen molar-refractivity contribution in [1.82, 2.24) is 15.1 Å². The molecule has 1 fully saturated rings. The van der Waals surface area contributed by atoms with Gasteiger partial charge >= 0.3 is 0 Å². The summed E-state index contributed by atoms with van der Waals surface area (Å²) in [4.78, 5) is 40.1. The minimum absolute atomic E-state index is 0.00867. The van der Waals surface area contributed by atoms with E-state index in [1.165, 1.54) is 6.92 Å². The number of likely N-dealkylation sites (tertiary alicyclic amines) is 1. The highest BCUT2D eigenvalue weighted by Gasteiger charge is 2.28. The molecule has 1 heterocycles. The molecule has 3 N–H and O–H groups in total. The SMILES string of the molecule is CC(=O)N(CCC(=O)N1CCCC(C(=O)NCCN)C1)Cc1ccccc1. The van der Waals surface area contributed by atoms with Crippen LogP contribution in [0.2, 0.25) is 0 Å². The molecule has 0 aliphatic carbocycles. The van der Waals surface area contributed by atoms with E-state index in [2.05, 4.69) is 5.32 Å². The molecule has 1 aromatic carbocycles. The molecule has 0 aromatic heterocycles. The number of nitrogens with zero attached hydrogens (tertiary/aromatic N) is 2. The van der Waals surface area contributed by atoms with E-state index in [9.17, 15) is 14.4 Å². The van der Waals surface area contributed by atoms with Crippen LogP contribution < -0.4 is 11.1 Å². The normalized spacial score (nSPS) is 16.7. The maximum Gasteiger partial charge on any atom is 0.224 e. The predicted octanol–water partition coefficient (Wildman–Crippen LogP) is 0.739. The minimum atomic E-state index is -0.178. The molecule has 0 saturated carbocycles. The van der Waals surface area contributed by atoms with E-state index in [1.54, 1.807) is 9.80 Å². The van der Waals surface area contributed by atoms with Crippen LogP contribution in [-0.2, 0) is 20.9 Å². The Hall–Kier alpha value is -2.41. The van der Waals surface area contributed by atoms with Gasteiger partial charge in [0.15, 0.2) is 0 Å². The number of rotatable bonds is 8. The Labute approximate surface area is 160 Å². The van der Waals surface area contributed by atoms with Gasteiger partial charge in [-0.3, -0.25) is 14.4 Å². The zero-order valence-corrected chi connectivity index (χ0v) is 16.0. The molecular weight excluding hydrogens is 344 g/mol. The number of hydrogen-bond donors (Lipinski definition) is 2. The number of hydrogen-bond acceptors (Lipinski definition) is 4. The van der Waals surface area contributed by atoms with Crippen molar-refractivity contribution in [3.8, 4) is 0 Å². The molecule has 3 amide bonds. The van der Waals surface area contributed by atoms with Gasteiger partial charge in [-0.05, 0) is 18.4 Å². The number of benzene rings is 1. The fourth-order valence-electron chi connectivity index (χ4n) is 3.30. The third-order valence-corrected chi connectivity index (χ3v) is 4.85. The highest BCUT2D eigenvalue weighted by atomic mass is 16.2. The van der Waals surface area contributed by atoms with Crippen molar-refractivity contribution in [1.29, 1.82) is 0 Å². The van der Waals surface area contributed by atoms with Gasteiger partial charge in [0.1, 0.15) is 0 Å². The largest absolute Gasteiger partial charge is 0.355 e. The zero-order chi connectivity index (χ0) is 19.6. The average molecular weight is 374 g/mol. The van der Waals surface area contributed by atoms with Crippen LogP contribution in [0.25, 0.3) is 0 Å². The second-order valence-electron chi connectivity index (χ2n) is 6.93. The summed E-state index contributed by atoms with van der Waals surface area (Å²) in [5.74, 6) is -0.273. The maximum atomic E-state index is 12.6. The Balaban J connectivity index is 1.85. The molecule has 2 rings (SSSR count). The lowest BCUT2D eigenvalue weighted by Crippen LogP contribution is -2.46. The Morgan fingerprint density at radius 2 is 2.00 bits per heavy atom. The lowest BCUT2D eigenvalue weighted by Gasteiger charge is -2.32. The molecule has 7 nitrogen and oxygen atoms in total. The lowest BCUT2D eigenvalue weighted by molar-refractivity contribution is -0.136. The predicted molar refractivity (Wildman–Crippen MR) is 104 cm³/mol. The first-order valence-electron chi connectivity index (χ1n) is 9.56. The summed E-state index contributed by atoms with van der Waals surface area (Å²) in [5.41, 5.74) is 6.45. The summed E-state index contributed by atoms with van der Waals surface area (Å²) in [5, 5.41) is 2.80. The third-order valence-electron chi connectivity index (χ3n) is 4.85. The molecule has 1 saturated heterocycles. The van der Waals surface area contributed by atoms with Gasteiger partial charge in [0, 0.05) is 52.6 Å². The molecule has 1 aliphatic rings. The lowest BCUT2D eigenvalue weighted by atomic mass is 9.97. The van der Waals surface area contributed by atoms with Gasteiger partial charge in [0.05, 0.1) is 5.92 Å². The molecule has 0 spiro atoms. The van der Waals surface area contributed by atoms with Gasteiger partial charge < -0.3 is 20.9 Å². The standard InChI is InChI=1S/C20H30N4O3/c1-16(25)23(14-17-6-3-2-4-7-17)13-9-19(26)24-12-5-8-18(15-24)20(27)22-11-10-21/h2-4,6-7,18H,5,8-15,21H2,1H3,(H,22,27). The fraction of sp³-hybridized carbons (Fsp3) is 0.550. The summed E-state index contributed by atoms with van der Waals surface area (Å²) >= 11 is 0. The monoisotopic (exact) mass is 374 g/mol. The molecule has 0 radical (unpaired) electrons. The van der Waals surface area contributed by atoms with Crippen LogP contribution >= 0.6 is 0 Å². The summed E-state index contributed by atoms with van der Waals surface area (Å²) in [6.45, 7) is 4.36. The zero-order valence-electron chi connectivity index (χ0n) is 16.0. The van der Waals surface area contributed by atoms with Gasteiger partial charge in [-0.2, -0.15) is 0 Å². The van der Waals surface area contributed by atoms with Crippen molar-refractivity contribution >= 4 is 17.7 Å². The van der Waals surface area contributed by atoms with Crippen LogP contribution in [0.1, 0.15) is 31.7 Å². The number of nitrogens with one attached hydrogen (secondary N) is 1. The van der Waals surface area contributed by atoms with Crippen molar-refractivity contribution in [2.75, 3.05) is 32.7 Å². The smallest absolute Gasteiger partial charge is 0.224 e. The molecule has 1 unspecified atom stereocenters. The summed E-state index contributed by atoms with van der Waals surface area (Å²) in [6.07, 6.45) is 1.87. The number of carbonyl (C=O) groups is 3. The third kappa shape index (κ3) is 6.67. The molecule has 0 bridgehead atoms. The van der Waals surface area contributed by atoms with Crippen LogP contribution in [0.4, 0.5) is 0 Å². The van der Waals surface area contributed by atoms with Crippen molar-refractivity contribution in [2.45, 2.75) is 32.7 Å². The molecule has 1 aliphatic heterocycles. The summed E-state index contributed by atoms with van der Waals surface area (Å²) in [7, 11) is 0. The van der Waals surface area contributed by atoms with Crippen LogP contribution in [0, 0.1) is 5.92 Å². The van der Waals surface area contributed by atoms with E-state index in [1.807, 2.05) is 30.3 Å². The molecule has 1 aromatic rings. The van der Waals surface area contributed by atoms with Crippen molar-refractivity contribution < 1.29 is 14.4 Å². The molecule has 1 atom stereocenters. The Bertz CT molecular complexity index is 635. The van der Waals surface area contributed by atoms with Crippen molar-refractivity contribution in [3.05, 3.63) is 35.9 Å². The van der Waals surface area contributed by atoms with E-state index in [0.29, 0.717) is 39.3 Å². The summed E-state index contributed by atoms with van der Waals surface area (Å²) < 4.78 is 0. The van der Waals surface area contributed by atoms with Gasteiger partial charge in [-0.15, -0.1) is 0 Å². The number of piperidine rings is 1. The van der Waals surface area contributed by atoms with E-state index in [4.69, 9.17) is 5.73 Å². The first-order valence-corrected chi connectivity index (χ1v) is 9.56. The highest BCUT2D eigenvalue weighted by molar-refractivity contribution is 5.81. The van der Waals surface area contributed by atoms with E-state index < -0.39 is 0 Å². The molecular formula is C20H30N4O3. The molecule has 27 heavy (non-hydrogen) atoms. The Morgan fingerprint density at radius 3 is 2.67 bits per heavy atom. The van der Waals surface area contributed by atoms with E-state index in [-0.39, 0.29) is 30.1 Å². The molecule has 7 heteroatoms. The fourth-order valence-corrected chi connectivity index (χ4v) is 3.30. The van der Waals surface area contributed by atoms with E-state index >= 15 is 0 Å². The first-order chi connectivity index (χ1) is 13.0. The minimum Gasteiger partial charge on any atom is -0.355 e. The second-order valence-corrected chi connectivity index (χ2v) is 6.93. The van der Waals surface area contributed by atoms with Gasteiger partial charge in [0.2, 0.25) is 17.7 Å². The first kappa shape index (κ1) is 20.9. The van der Waals surface area contributed by atoms with Crippen LogP contribution in [0.15, 0.2) is 30.3 Å². The summed E-state index contributed by atoms with van der Waals surface area (Å²) in [6, 6.07) is 9.73. The topological polar surface area (TPSA) is 95.7 Å². The van der Waals surface area contributed by atoms with Gasteiger partial charge in [0.25, 0.3) is 0 Å². The maximum absolute atomic E-state index is 12.6. The number of carbonyl (C=O) groups excluding carboxylic acids is 3. The quantitative estimate of drug-likeness (QED) is 0.701. The Kier molecular flexibility index (Phi) is 8.26. The van der Waals surface area contributed by atoms with Crippen molar-refractivity contribution in [3.63, 3.8) is 0 Å². The second kappa shape index (κ2) is 10.7. The van der Waals surface area contributed by atoms with Gasteiger partial charge in [-0.25, -0.2) is 0 Å². The molecule has 148 valence electrons. The van der Waals surface area contributed by atoms with Gasteiger partial charge in [-0.1, -0.05) is 30.3 Å².